The molecular formula is C22H28N2O3. The number of hydrogen-bond acceptors (Lipinski definition) is 4. The van der Waals surface area contributed by atoms with Crippen molar-refractivity contribution in [3.63, 3.8) is 0 Å². The molecule has 1 fully saturated rings. The van der Waals surface area contributed by atoms with Crippen LogP contribution in [0.5, 0.6) is 5.75 Å². The van der Waals surface area contributed by atoms with Gasteiger partial charge in [0.25, 0.3) is 5.91 Å². The number of nitrogens with zero attached hydrogens (tertiary/aromatic N) is 2. The molecule has 0 unspecified atom stereocenters. The van der Waals surface area contributed by atoms with E-state index in [2.05, 4.69) is 17.0 Å². The van der Waals surface area contributed by atoms with E-state index in [4.69, 9.17) is 9.47 Å². The highest BCUT2D eigenvalue weighted by atomic mass is 16.5. The zero-order valence-corrected chi connectivity index (χ0v) is 16.2. The Labute approximate surface area is 161 Å². The number of amides is 1. The monoisotopic (exact) mass is 368 g/mol. The molecule has 1 aliphatic heterocycles. The Morgan fingerprint density at radius 3 is 2.15 bits per heavy atom. The summed E-state index contributed by atoms with van der Waals surface area (Å²) in [7, 11) is 1.67. The molecule has 0 bridgehead atoms. The molecule has 1 heterocycles. The highest BCUT2D eigenvalue weighted by molar-refractivity contribution is 5.94. The van der Waals surface area contributed by atoms with Crippen LogP contribution in [-0.2, 0) is 17.9 Å². The molecule has 0 saturated carbocycles. The number of carbonyl (C=O) groups is 1. The van der Waals surface area contributed by atoms with E-state index < -0.39 is 0 Å². The zero-order valence-electron chi connectivity index (χ0n) is 16.2. The maximum atomic E-state index is 12.7. The molecule has 0 radical (unpaired) electrons. The molecule has 2 aromatic rings. The minimum atomic E-state index is 0.111. The van der Waals surface area contributed by atoms with Gasteiger partial charge in [0.1, 0.15) is 5.75 Å². The average Bonchev–Trinajstić information content (AvgIpc) is 2.71. The summed E-state index contributed by atoms with van der Waals surface area (Å²) >= 11 is 0. The van der Waals surface area contributed by atoms with E-state index in [1.807, 2.05) is 48.2 Å². The molecule has 5 nitrogen and oxygen atoms in total. The first-order valence-corrected chi connectivity index (χ1v) is 9.51. The second-order valence-corrected chi connectivity index (χ2v) is 6.78. The maximum Gasteiger partial charge on any atom is 0.253 e. The van der Waals surface area contributed by atoms with Crippen LogP contribution in [0.25, 0.3) is 0 Å². The van der Waals surface area contributed by atoms with Gasteiger partial charge in [-0.15, -0.1) is 0 Å². The fourth-order valence-corrected chi connectivity index (χ4v) is 3.32. The van der Waals surface area contributed by atoms with Crippen LogP contribution in [-0.4, -0.2) is 55.6 Å². The Balaban J connectivity index is 1.49. The van der Waals surface area contributed by atoms with Crippen LogP contribution in [0.2, 0.25) is 0 Å². The summed E-state index contributed by atoms with van der Waals surface area (Å²) in [5, 5.41) is 0. The minimum absolute atomic E-state index is 0.111. The lowest BCUT2D eigenvalue weighted by molar-refractivity contribution is 0.0628. The van der Waals surface area contributed by atoms with Gasteiger partial charge in [0, 0.05) is 45.4 Å². The minimum Gasteiger partial charge on any atom is -0.494 e. The second kappa shape index (κ2) is 9.53. The molecule has 3 rings (SSSR count). The first-order valence-electron chi connectivity index (χ1n) is 9.51. The summed E-state index contributed by atoms with van der Waals surface area (Å²) in [6.07, 6.45) is 0. The molecule has 1 amide bonds. The molecule has 1 saturated heterocycles. The van der Waals surface area contributed by atoms with E-state index in [1.165, 1.54) is 5.56 Å². The molecule has 1 aliphatic rings. The van der Waals surface area contributed by atoms with Crippen molar-refractivity contribution in [1.29, 1.82) is 0 Å². The Hall–Kier alpha value is -2.37. The van der Waals surface area contributed by atoms with Crippen LogP contribution in [0, 0.1) is 0 Å². The van der Waals surface area contributed by atoms with Gasteiger partial charge in [0.2, 0.25) is 0 Å². The molecule has 27 heavy (non-hydrogen) atoms. The fourth-order valence-electron chi connectivity index (χ4n) is 3.32. The van der Waals surface area contributed by atoms with Crippen molar-refractivity contribution >= 4 is 5.91 Å². The lowest BCUT2D eigenvalue weighted by Gasteiger charge is -2.34. The van der Waals surface area contributed by atoms with Gasteiger partial charge in [-0.1, -0.05) is 24.3 Å². The van der Waals surface area contributed by atoms with Gasteiger partial charge in [0.05, 0.1) is 13.2 Å². The largest absolute Gasteiger partial charge is 0.494 e. The number of carbonyl (C=O) groups excluding carboxylic acids is 1. The van der Waals surface area contributed by atoms with E-state index in [1.54, 1.807) is 7.11 Å². The predicted molar refractivity (Wildman–Crippen MR) is 106 cm³/mol. The van der Waals surface area contributed by atoms with Crippen molar-refractivity contribution in [2.75, 3.05) is 39.9 Å². The Morgan fingerprint density at radius 1 is 0.926 bits per heavy atom. The summed E-state index contributed by atoms with van der Waals surface area (Å²) in [6.45, 7) is 7.44. The van der Waals surface area contributed by atoms with Gasteiger partial charge in [-0.3, -0.25) is 9.69 Å². The SMILES string of the molecule is CCOc1ccc(CN2CCN(C(=O)c3ccc(COC)cc3)CC2)cc1. The van der Waals surface area contributed by atoms with E-state index in [0.717, 1.165) is 49.6 Å². The van der Waals surface area contributed by atoms with Crippen LogP contribution in [0.4, 0.5) is 0 Å². The lowest BCUT2D eigenvalue weighted by Crippen LogP contribution is -2.48. The van der Waals surface area contributed by atoms with Gasteiger partial charge < -0.3 is 14.4 Å². The van der Waals surface area contributed by atoms with Crippen LogP contribution in [0.1, 0.15) is 28.4 Å². The fraction of sp³-hybridized carbons (Fsp3) is 0.409. The number of rotatable bonds is 7. The summed E-state index contributed by atoms with van der Waals surface area (Å²) in [4.78, 5) is 17.0. The van der Waals surface area contributed by atoms with Crippen molar-refractivity contribution < 1.29 is 14.3 Å². The second-order valence-electron chi connectivity index (χ2n) is 6.78. The van der Waals surface area contributed by atoms with Crippen LogP contribution < -0.4 is 4.74 Å². The first-order chi connectivity index (χ1) is 13.2. The third kappa shape index (κ3) is 5.31. The van der Waals surface area contributed by atoms with Crippen molar-refractivity contribution in [3.05, 3.63) is 65.2 Å². The van der Waals surface area contributed by atoms with Crippen molar-refractivity contribution in [2.24, 2.45) is 0 Å². The molecule has 0 aromatic heterocycles. The smallest absolute Gasteiger partial charge is 0.253 e. The highest BCUT2D eigenvalue weighted by Gasteiger charge is 2.22. The molecule has 0 atom stereocenters. The van der Waals surface area contributed by atoms with Crippen molar-refractivity contribution in [1.82, 2.24) is 9.80 Å². The normalized spacial score (nSPS) is 15.0. The average molecular weight is 368 g/mol. The van der Waals surface area contributed by atoms with Crippen molar-refractivity contribution in [2.45, 2.75) is 20.1 Å². The van der Waals surface area contributed by atoms with Gasteiger partial charge in [-0.2, -0.15) is 0 Å². The summed E-state index contributed by atoms with van der Waals surface area (Å²) in [6, 6.07) is 16.0. The number of hydrogen-bond donors (Lipinski definition) is 0. The predicted octanol–water partition coefficient (Wildman–Crippen LogP) is 3.19. The quantitative estimate of drug-likeness (QED) is 0.753. The first kappa shape index (κ1) is 19.4. The standard InChI is InChI=1S/C22H28N2O3/c1-3-27-21-10-6-18(7-11-21)16-23-12-14-24(15-13-23)22(25)20-8-4-19(5-9-20)17-26-2/h4-11H,3,12-17H2,1-2H3. The Bertz CT molecular complexity index is 720. The molecular weight excluding hydrogens is 340 g/mol. The molecule has 0 aliphatic carbocycles. The molecule has 2 aromatic carbocycles. The molecule has 0 spiro atoms. The Morgan fingerprint density at radius 2 is 1.56 bits per heavy atom. The van der Waals surface area contributed by atoms with Crippen molar-refractivity contribution in [3.8, 4) is 5.75 Å². The van der Waals surface area contributed by atoms with Gasteiger partial charge in [-0.25, -0.2) is 0 Å². The van der Waals surface area contributed by atoms with Gasteiger partial charge in [-0.05, 0) is 42.3 Å². The summed E-state index contributed by atoms with van der Waals surface area (Å²) in [5.74, 6) is 1.02. The third-order valence-corrected chi connectivity index (χ3v) is 4.81. The van der Waals surface area contributed by atoms with E-state index in [9.17, 15) is 4.79 Å². The molecule has 0 N–H and O–H groups in total. The summed E-state index contributed by atoms with van der Waals surface area (Å²) < 4.78 is 10.6. The van der Waals surface area contributed by atoms with Gasteiger partial charge >= 0.3 is 0 Å². The number of methoxy groups -OCH3 is 1. The summed E-state index contributed by atoms with van der Waals surface area (Å²) in [5.41, 5.74) is 3.09. The van der Waals surface area contributed by atoms with E-state index in [-0.39, 0.29) is 5.91 Å². The highest BCUT2D eigenvalue weighted by Crippen LogP contribution is 2.16. The van der Waals surface area contributed by atoms with E-state index >= 15 is 0 Å². The molecule has 5 heteroatoms. The zero-order chi connectivity index (χ0) is 19.1. The third-order valence-electron chi connectivity index (χ3n) is 4.81. The number of benzene rings is 2. The van der Waals surface area contributed by atoms with Crippen LogP contribution in [0.15, 0.2) is 48.5 Å². The Kier molecular flexibility index (Phi) is 6.85. The van der Waals surface area contributed by atoms with Gasteiger partial charge in [0.15, 0.2) is 0 Å². The topological polar surface area (TPSA) is 42.0 Å². The molecule has 144 valence electrons. The maximum absolute atomic E-state index is 12.7. The number of ether oxygens (including phenoxy) is 2. The number of piperazine rings is 1. The lowest BCUT2D eigenvalue weighted by atomic mass is 10.1. The van der Waals surface area contributed by atoms with Crippen LogP contribution in [0.3, 0.4) is 0 Å². The van der Waals surface area contributed by atoms with E-state index in [0.29, 0.717) is 13.2 Å². The van der Waals surface area contributed by atoms with Crippen LogP contribution >= 0.6 is 0 Å².